The largest absolute Gasteiger partial charge is 0.368 e. The Labute approximate surface area is 170 Å². The smallest absolute Gasteiger partial charge is 0.272 e. The fourth-order valence-electron chi connectivity index (χ4n) is 4.11. The summed E-state index contributed by atoms with van der Waals surface area (Å²) in [7, 11) is 0. The summed E-state index contributed by atoms with van der Waals surface area (Å²) in [6.45, 7) is 3.88. The van der Waals surface area contributed by atoms with Crippen molar-refractivity contribution in [3.63, 3.8) is 0 Å². The summed E-state index contributed by atoms with van der Waals surface area (Å²) in [5.41, 5.74) is 4.10. The SMILES string of the molecule is O=C(c1ccnc(N2CCc3ccccc32)n1)N1CCN(c2ccccc2)CC1. The number of amides is 1. The molecule has 0 aliphatic carbocycles. The first-order chi connectivity index (χ1) is 14.3. The second kappa shape index (κ2) is 7.54. The number of hydrogen-bond donors (Lipinski definition) is 0. The van der Waals surface area contributed by atoms with Crippen LogP contribution in [0.2, 0.25) is 0 Å². The maximum atomic E-state index is 13.1. The molecule has 6 nitrogen and oxygen atoms in total. The lowest BCUT2D eigenvalue weighted by molar-refractivity contribution is 0.0741. The minimum atomic E-state index is -0.0196. The number of hydrogen-bond acceptors (Lipinski definition) is 5. The summed E-state index contributed by atoms with van der Waals surface area (Å²) >= 11 is 0. The van der Waals surface area contributed by atoms with E-state index in [1.807, 2.05) is 29.2 Å². The van der Waals surface area contributed by atoms with Crippen molar-refractivity contribution in [1.82, 2.24) is 14.9 Å². The normalized spacial score (nSPS) is 16.1. The van der Waals surface area contributed by atoms with Crippen LogP contribution in [0.1, 0.15) is 16.1 Å². The van der Waals surface area contributed by atoms with Gasteiger partial charge in [-0.1, -0.05) is 36.4 Å². The summed E-state index contributed by atoms with van der Waals surface area (Å²) in [6, 6.07) is 20.4. The second-order valence-corrected chi connectivity index (χ2v) is 7.39. The monoisotopic (exact) mass is 385 g/mol. The van der Waals surface area contributed by atoms with Crippen molar-refractivity contribution in [3.8, 4) is 0 Å². The second-order valence-electron chi connectivity index (χ2n) is 7.39. The molecule has 2 aliphatic heterocycles. The zero-order valence-corrected chi connectivity index (χ0v) is 16.2. The van der Waals surface area contributed by atoms with Crippen molar-refractivity contribution in [3.05, 3.63) is 78.1 Å². The molecular formula is C23H23N5O. The zero-order chi connectivity index (χ0) is 19.6. The van der Waals surface area contributed by atoms with E-state index in [0.29, 0.717) is 24.7 Å². The molecule has 1 fully saturated rings. The number of rotatable bonds is 3. The molecule has 29 heavy (non-hydrogen) atoms. The van der Waals surface area contributed by atoms with E-state index in [4.69, 9.17) is 0 Å². The lowest BCUT2D eigenvalue weighted by Gasteiger charge is -2.36. The molecular weight excluding hydrogens is 362 g/mol. The van der Waals surface area contributed by atoms with Gasteiger partial charge < -0.3 is 14.7 Å². The Morgan fingerprint density at radius 3 is 2.41 bits per heavy atom. The Kier molecular flexibility index (Phi) is 4.60. The third-order valence-corrected chi connectivity index (χ3v) is 5.68. The van der Waals surface area contributed by atoms with Crippen molar-refractivity contribution in [2.45, 2.75) is 6.42 Å². The number of fused-ring (bicyclic) bond motifs is 1. The Morgan fingerprint density at radius 1 is 0.828 bits per heavy atom. The molecule has 0 N–H and O–H groups in total. The summed E-state index contributed by atoms with van der Waals surface area (Å²) in [5.74, 6) is 0.581. The highest BCUT2D eigenvalue weighted by Gasteiger charge is 2.26. The van der Waals surface area contributed by atoms with E-state index in [9.17, 15) is 4.79 Å². The molecule has 2 aromatic carbocycles. The van der Waals surface area contributed by atoms with Gasteiger partial charge in [0.2, 0.25) is 5.95 Å². The number of carbonyl (C=O) groups is 1. The Bertz CT molecular complexity index is 1010. The number of benzene rings is 2. The van der Waals surface area contributed by atoms with Crippen LogP contribution in [0.3, 0.4) is 0 Å². The Morgan fingerprint density at radius 2 is 1.59 bits per heavy atom. The fourth-order valence-corrected chi connectivity index (χ4v) is 4.11. The molecule has 0 atom stereocenters. The minimum Gasteiger partial charge on any atom is -0.368 e. The molecule has 6 heteroatoms. The summed E-state index contributed by atoms with van der Waals surface area (Å²) in [6.07, 6.45) is 2.66. The van der Waals surface area contributed by atoms with Crippen molar-refractivity contribution < 1.29 is 4.79 Å². The first kappa shape index (κ1) is 17.7. The number of para-hydroxylation sites is 2. The third kappa shape index (κ3) is 3.42. The molecule has 0 bridgehead atoms. The maximum Gasteiger partial charge on any atom is 0.272 e. The van der Waals surface area contributed by atoms with Crippen LogP contribution < -0.4 is 9.80 Å². The molecule has 0 spiro atoms. The summed E-state index contributed by atoms with van der Waals surface area (Å²) in [5, 5.41) is 0. The van der Waals surface area contributed by atoms with Crippen molar-refractivity contribution >= 4 is 23.2 Å². The van der Waals surface area contributed by atoms with Crippen LogP contribution in [0.5, 0.6) is 0 Å². The van der Waals surface area contributed by atoms with Crippen molar-refractivity contribution in [2.75, 3.05) is 42.5 Å². The molecule has 0 radical (unpaired) electrons. The highest BCUT2D eigenvalue weighted by atomic mass is 16.2. The average Bonchev–Trinajstić information content (AvgIpc) is 3.24. The number of carbonyl (C=O) groups excluding carboxylic acids is 1. The van der Waals surface area contributed by atoms with Gasteiger partial charge >= 0.3 is 0 Å². The molecule has 0 saturated carbocycles. The van der Waals surface area contributed by atoms with Gasteiger partial charge in [-0.25, -0.2) is 9.97 Å². The molecule has 5 rings (SSSR count). The number of aromatic nitrogens is 2. The van der Waals surface area contributed by atoms with Crippen LogP contribution in [0.25, 0.3) is 0 Å². The standard InChI is InChI=1S/C23H23N5O/c29-22(27-16-14-26(15-17-27)19-7-2-1-3-8-19)20-10-12-24-23(25-20)28-13-11-18-6-4-5-9-21(18)28/h1-10,12H,11,13-17H2. The van der Waals surface area contributed by atoms with E-state index in [0.717, 1.165) is 31.7 Å². The van der Waals surface area contributed by atoms with E-state index >= 15 is 0 Å². The lowest BCUT2D eigenvalue weighted by atomic mass is 10.2. The fraction of sp³-hybridized carbons (Fsp3) is 0.261. The molecule has 3 heterocycles. The average molecular weight is 385 g/mol. The zero-order valence-electron chi connectivity index (χ0n) is 16.2. The van der Waals surface area contributed by atoms with Gasteiger partial charge in [0.15, 0.2) is 0 Å². The van der Waals surface area contributed by atoms with Crippen LogP contribution in [-0.2, 0) is 6.42 Å². The highest BCUT2D eigenvalue weighted by Crippen LogP contribution is 2.32. The number of nitrogens with zero attached hydrogens (tertiary/aromatic N) is 5. The van der Waals surface area contributed by atoms with Crippen LogP contribution in [0, 0.1) is 0 Å². The quantitative estimate of drug-likeness (QED) is 0.693. The van der Waals surface area contributed by atoms with Crippen LogP contribution in [0.15, 0.2) is 66.9 Å². The van der Waals surface area contributed by atoms with E-state index in [-0.39, 0.29) is 5.91 Å². The predicted molar refractivity (Wildman–Crippen MR) is 114 cm³/mol. The Hall–Kier alpha value is -3.41. The van der Waals surface area contributed by atoms with E-state index < -0.39 is 0 Å². The van der Waals surface area contributed by atoms with Gasteiger partial charge in [0.1, 0.15) is 5.69 Å². The van der Waals surface area contributed by atoms with Gasteiger partial charge in [-0.2, -0.15) is 0 Å². The van der Waals surface area contributed by atoms with Gasteiger partial charge in [0.25, 0.3) is 5.91 Å². The first-order valence-electron chi connectivity index (χ1n) is 10.1. The Balaban J connectivity index is 1.30. The molecule has 2 aliphatic rings. The van der Waals surface area contributed by atoms with Crippen molar-refractivity contribution in [2.24, 2.45) is 0 Å². The predicted octanol–water partition coefficient (Wildman–Crippen LogP) is 3.13. The van der Waals surface area contributed by atoms with Gasteiger partial charge in [0.05, 0.1) is 0 Å². The molecule has 1 saturated heterocycles. The molecule has 146 valence electrons. The van der Waals surface area contributed by atoms with Crippen molar-refractivity contribution in [1.29, 1.82) is 0 Å². The first-order valence-corrected chi connectivity index (χ1v) is 10.1. The lowest BCUT2D eigenvalue weighted by Crippen LogP contribution is -2.49. The van der Waals surface area contributed by atoms with Gasteiger partial charge in [-0.3, -0.25) is 4.79 Å². The van der Waals surface area contributed by atoms with Crippen LogP contribution >= 0.6 is 0 Å². The van der Waals surface area contributed by atoms with E-state index in [2.05, 4.69) is 50.1 Å². The van der Waals surface area contributed by atoms with Gasteiger partial charge in [-0.15, -0.1) is 0 Å². The van der Waals surface area contributed by atoms with Gasteiger partial charge in [0, 0.05) is 50.3 Å². The highest BCUT2D eigenvalue weighted by molar-refractivity contribution is 5.92. The molecule has 0 unspecified atom stereocenters. The van der Waals surface area contributed by atoms with E-state index in [1.54, 1.807) is 12.3 Å². The molecule has 1 aromatic heterocycles. The molecule has 1 amide bonds. The number of piperazine rings is 1. The maximum absolute atomic E-state index is 13.1. The topological polar surface area (TPSA) is 52.6 Å². The van der Waals surface area contributed by atoms with Crippen LogP contribution in [-0.4, -0.2) is 53.5 Å². The molecule has 3 aromatic rings. The van der Waals surface area contributed by atoms with Gasteiger partial charge in [-0.05, 0) is 36.2 Å². The van der Waals surface area contributed by atoms with E-state index in [1.165, 1.54) is 11.3 Å². The van der Waals surface area contributed by atoms with Crippen LogP contribution in [0.4, 0.5) is 17.3 Å². The summed E-state index contributed by atoms with van der Waals surface area (Å²) in [4.78, 5) is 28.4. The summed E-state index contributed by atoms with van der Waals surface area (Å²) < 4.78 is 0. The number of anilines is 3. The third-order valence-electron chi connectivity index (χ3n) is 5.68. The minimum absolute atomic E-state index is 0.0196.